The molecular formula is C57H33N3O3. The highest BCUT2D eigenvalue weighted by molar-refractivity contribution is 6.21. The maximum Gasteiger partial charge on any atom is 0.164 e. The summed E-state index contributed by atoms with van der Waals surface area (Å²) in [6.45, 7) is 0. The summed E-state index contributed by atoms with van der Waals surface area (Å²) >= 11 is 0. The van der Waals surface area contributed by atoms with Gasteiger partial charge in [0.25, 0.3) is 0 Å². The van der Waals surface area contributed by atoms with Crippen molar-refractivity contribution in [1.82, 2.24) is 15.0 Å². The highest BCUT2D eigenvalue weighted by atomic mass is 16.3. The van der Waals surface area contributed by atoms with Crippen LogP contribution in [-0.2, 0) is 0 Å². The first-order valence-electron chi connectivity index (χ1n) is 21.0. The Hall–Kier alpha value is -8.61. The molecule has 4 heterocycles. The molecule has 0 N–H and O–H groups in total. The van der Waals surface area contributed by atoms with E-state index in [9.17, 15) is 0 Å². The van der Waals surface area contributed by atoms with Crippen molar-refractivity contribution in [3.8, 4) is 67.5 Å². The minimum atomic E-state index is 0.551. The van der Waals surface area contributed by atoms with Crippen LogP contribution in [0.5, 0.6) is 0 Å². The molecule has 0 unspecified atom stereocenters. The molecule has 13 rings (SSSR count). The molecule has 0 aliphatic carbocycles. The van der Waals surface area contributed by atoms with Gasteiger partial charge in [-0.15, -0.1) is 0 Å². The smallest absolute Gasteiger partial charge is 0.164 e. The number of rotatable bonds is 6. The minimum Gasteiger partial charge on any atom is -0.456 e. The summed E-state index contributed by atoms with van der Waals surface area (Å²) in [5.74, 6) is 1.72. The lowest BCUT2D eigenvalue weighted by Gasteiger charge is -2.11. The first kappa shape index (κ1) is 35.2. The van der Waals surface area contributed by atoms with Gasteiger partial charge in [0.1, 0.15) is 33.5 Å². The summed E-state index contributed by atoms with van der Waals surface area (Å²) in [4.78, 5) is 15.6. The molecule has 0 bridgehead atoms. The fraction of sp³-hybridized carbons (Fsp3) is 0. The van der Waals surface area contributed by atoms with Gasteiger partial charge in [0.15, 0.2) is 17.5 Å². The highest BCUT2D eigenvalue weighted by Crippen LogP contribution is 2.47. The summed E-state index contributed by atoms with van der Waals surface area (Å²) in [5, 5.41) is 6.06. The van der Waals surface area contributed by atoms with E-state index >= 15 is 0 Å². The molecule has 0 aliphatic rings. The van der Waals surface area contributed by atoms with Crippen LogP contribution in [0.3, 0.4) is 0 Å². The predicted molar refractivity (Wildman–Crippen MR) is 254 cm³/mol. The summed E-state index contributed by atoms with van der Waals surface area (Å²) in [5.41, 5.74) is 13.7. The van der Waals surface area contributed by atoms with E-state index in [2.05, 4.69) is 115 Å². The van der Waals surface area contributed by atoms with Crippen LogP contribution in [0.2, 0.25) is 0 Å². The van der Waals surface area contributed by atoms with Gasteiger partial charge in [-0.3, -0.25) is 0 Å². The maximum atomic E-state index is 7.05. The predicted octanol–water partition coefficient (Wildman–Crippen LogP) is 15.6. The Labute approximate surface area is 360 Å². The zero-order valence-electron chi connectivity index (χ0n) is 33.6. The topological polar surface area (TPSA) is 78.1 Å². The first-order chi connectivity index (χ1) is 31.2. The third-order valence-corrected chi connectivity index (χ3v) is 12.1. The second-order valence-electron chi connectivity index (χ2n) is 15.9. The van der Waals surface area contributed by atoms with E-state index < -0.39 is 0 Å². The van der Waals surface area contributed by atoms with Crippen molar-refractivity contribution >= 4 is 65.8 Å². The number of furan rings is 3. The molecule has 0 atom stereocenters. The van der Waals surface area contributed by atoms with Gasteiger partial charge in [-0.25, -0.2) is 15.0 Å². The van der Waals surface area contributed by atoms with Gasteiger partial charge in [0.2, 0.25) is 0 Å². The van der Waals surface area contributed by atoms with Crippen molar-refractivity contribution in [2.45, 2.75) is 0 Å². The number of para-hydroxylation sites is 2. The van der Waals surface area contributed by atoms with Crippen molar-refractivity contribution in [3.63, 3.8) is 0 Å². The van der Waals surface area contributed by atoms with E-state index in [4.69, 9.17) is 28.2 Å². The Morgan fingerprint density at radius 2 is 0.730 bits per heavy atom. The largest absolute Gasteiger partial charge is 0.456 e. The molecule has 0 saturated heterocycles. The summed E-state index contributed by atoms with van der Waals surface area (Å²) < 4.78 is 19.9. The van der Waals surface area contributed by atoms with Crippen molar-refractivity contribution in [2.24, 2.45) is 0 Å². The van der Waals surface area contributed by atoms with Crippen molar-refractivity contribution in [1.29, 1.82) is 0 Å². The Kier molecular flexibility index (Phi) is 7.80. The van der Waals surface area contributed by atoms with E-state index in [-0.39, 0.29) is 0 Å². The van der Waals surface area contributed by atoms with Gasteiger partial charge >= 0.3 is 0 Å². The van der Waals surface area contributed by atoms with Crippen LogP contribution in [0, 0.1) is 0 Å². The van der Waals surface area contributed by atoms with Gasteiger partial charge in [-0.05, 0) is 76.3 Å². The molecule has 6 heteroatoms. The van der Waals surface area contributed by atoms with Crippen LogP contribution < -0.4 is 0 Å². The van der Waals surface area contributed by atoms with Crippen LogP contribution >= 0.6 is 0 Å². The van der Waals surface area contributed by atoms with Crippen molar-refractivity contribution < 1.29 is 13.3 Å². The van der Waals surface area contributed by atoms with E-state index in [1.165, 1.54) is 0 Å². The lowest BCUT2D eigenvalue weighted by Crippen LogP contribution is -2.00. The fourth-order valence-corrected chi connectivity index (χ4v) is 9.29. The fourth-order valence-electron chi connectivity index (χ4n) is 9.29. The van der Waals surface area contributed by atoms with Gasteiger partial charge < -0.3 is 13.3 Å². The van der Waals surface area contributed by atoms with Crippen LogP contribution in [0.25, 0.3) is 133 Å². The molecule has 9 aromatic carbocycles. The van der Waals surface area contributed by atoms with E-state index in [0.717, 1.165) is 116 Å². The molecule has 63 heavy (non-hydrogen) atoms. The molecule has 4 aromatic heterocycles. The monoisotopic (exact) mass is 807 g/mol. The second-order valence-corrected chi connectivity index (χ2v) is 15.9. The molecule has 0 fully saturated rings. The highest BCUT2D eigenvalue weighted by Gasteiger charge is 2.24. The summed E-state index contributed by atoms with van der Waals surface area (Å²) in [7, 11) is 0. The number of benzene rings is 9. The normalized spacial score (nSPS) is 11.8. The lowest BCUT2D eigenvalue weighted by atomic mass is 9.91. The molecule has 0 saturated carbocycles. The number of hydrogen-bond acceptors (Lipinski definition) is 6. The second kappa shape index (κ2) is 14.0. The molecule has 294 valence electrons. The third-order valence-electron chi connectivity index (χ3n) is 12.1. The van der Waals surface area contributed by atoms with E-state index in [1.54, 1.807) is 0 Å². The van der Waals surface area contributed by atoms with Crippen LogP contribution in [-0.4, -0.2) is 15.0 Å². The van der Waals surface area contributed by atoms with Crippen LogP contribution in [0.4, 0.5) is 0 Å². The van der Waals surface area contributed by atoms with Crippen LogP contribution in [0.1, 0.15) is 0 Å². The zero-order chi connectivity index (χ0) is 41.4. The Balaban J connectivity index is 1.11. The van der Waals surface area contributed by atoms with Crippen molar-refractivity contribution in [3.05, 3.63) is 200 Å². The van der Waals surface area contributed by atoms with E-state index in [1.807, 2.05) is 84.9 Å². The standard InChI is InChI=1S/C57H33N3O3/c1-3-15-34(16-4-1)36-19-11-20-37(31-36)56-58-55(35-17-5-2-6-18-35)59-57(60-56)43-25-14-30-50-53(43)45-33-38(39-23-12-28-48-51(39)41-21-7-9-26-46(41)61-48)32-44(54(45)63-50)40-24-13-29-49-52(40)42-22-8-10-27-47(42)62-49/h1-33H. The molecule has 0 amide bonds. The Morgan fingerprint density at radius 3 is 1.43 bits per heavy atom. The SMILES string of the molecule is c1ccc(-c2cccc(-c3nc(-c4ccccc4)nc(-c4cccc5oc6c(-c7cccc8oc9ccccc9c78)cc(-c7cccc8oc9ccccc9c78)cc6c45)n3)c2)cc1. The number of fused-ring (bicyclic) bond motifs is 9. The van der Waals surface area contributed by atoms with Gasteiger partial charge in [-0.2, -0.15) is 0 Å². The van der Waals surface area contributed by atoms with Gasteiger partial charge in [-0.1, -0.05) is 152 Å². The van der Waals surface area contributed by atoms with Gasteiger partial charge in [0, 0.05) is 54.6 Å². The lowest BCUT2D eigenvalue weighted by molar-refractivity contribution is 0.668. The molecule has 6 nitrogen and oxygen atoms in total. The molecular weight excluding hydrogens is 775 g/mol. The summed E-state index contributed by atoms with van der Waals surface area (Å²) in [6, 6.07) is 68.5. The van der Waals surface area contributed by atoms with E-state index in [0.29, 0.717) is 17.5 Å². The zero-order valence-corrected chi connectivity index (χ0v) is 33.6. The molecule has 0 aliphatic heterocycles. The number of nitrogens with zero attached hydrogens (tertiary/aromatic N) is 3. The van der Waals surface area contributed by atoms with Crippen LogP contribution in [0.15, 0.2) is 213 Å². The van der Waals surface area contributed by atoms with Gasteiger partial charge in [0.05, 0.1) is 0 Å². The maximum absolute atomic E-state index is 7.05. The third kappa shape index (κ3) is 5.69. The number of aromatic nitrogens is 3. The molecule has 13 aromatic rings. The quantitative estimate of drug-likeness (QED) is 0.166. The molecule has 0 spiro atoms. The first-order valence-corrected chi connectivity index (χ1v) is 21.0. The average Bonchev–Trinajstić information content (AvgIpc) is 4.06. The van der Waals surface area contributed by atoms with Crippen molar-refractivity contribution in [2.75, 3.05) is 0 Å². The summed E-state index contributed by atoms with van der Waals surface area (Å²) in [6.07, 6.45) is 0. The number of hydrogen-bond donors (Lipinski definition) is 0. The minimum absolute atomic E-state index is 0.551. The molecule has 0 radical (unpaired) electrons. The Bertz CT molecular complexity index is 3920. The average molecular weight is 808 g/mol. The Morgan fingerprint density at radius 1 is 0.254 bits per heavy atom.